The van der Waals surface area contributed by atoms with Crippen LogP contribution in [0.3, 0.4) is 0 Å². The predicted molar refractivity (Wildman–Crippen MR) is 124 cm³/mol. The predicted octanol–water partition coefficient (Wildman–Crippen LogP) is 7.55. The minimum atomic E-state index is -1.27. The van der Waals surface area contributed by atoms with Gasteiger partial charge >= 0.3 is 0 Å². The van der Waals surface area contributed by atoms with Gasteiger partial charge in [-0.3, -0.25) is 9.59 Å². The van der Waals surface area contributed by atoms with Crippen molar-refractivity contribution in [2.24, 2.45) is 11.8 Å². The maximum atomic E-state index is 12.9. The maximum Gasteiger partial charge on any atom is 0.231 e. The number of anilines is 1. The minimum absolute atomic E-state index is 0.0114. The van der Waals surface area contributed by atoms with E-state index in [1.807, 2.05) is 0 Å². The summed E-state index contributed by atoms with van der Waals surface area (Å²) >= 11 is 31.2. The standard InChI is InChI=1S/C22H18Cl5NO2/c23-13-7-12(8-14(24)9-13)19-20(22(19,26)27)21(30)28-15-4-5-17(25)16(10-15)18(29)6-11-2-1-3-11/h4-5,7-11,19-20H,1-3,6H2,(H,28,30). The van der Waals surface area contributed by atoms with Gasteiger partial charge in [0.2, 0.25) is 5.91 Å². The van der Waals surface area contributed by atoms with Crippen LogP contribution in [-0.2, 0) is 4.79 Å². The average Bonchev–Trinajstić information content (AvgIpc) is 3.21. The summed E-state index contributed by atoms with van der Waals surface area (Å²) in [6.45, 7) is 0. The Morgan fingerprint density at radius 3 is 2.27 bits per heavy atom. The van der Waals surface area contributed by atoms with Gasteiger partial charge in [-0.15, -0.1) is 23.2 Å². The highest BCUT2D eigenvalue weighted by Gasteiger charge is 2.67. The van der Waals surface area contributed by atoms with Crippen molar-refractivity contribution >= 4 is 75.4 Å². The second kappa shape index (κ2) is 8.52. The molecule has 2 aliphatic rings. The number of alkyl halides is 2. The van der Waals surface area contributed by atoms with E-state index in [1.165, 1.54) is 6.42 Å². The maximum absolute atomic E-state index is 12.9. The number of carbonyl (C=O) groups is 2. The molecule has 2 aliphatic carbocycles. The van der Waals surface area contributed by atoms with Crippen LogP contribution in [0.2, 0.25) is 15.1 Å². The summed E-state index contributed by atoms with van der Waals surface area (Å²) in [4.78, 5) is 25.5. The first kappa shape index (κ1) is 22.2. The highest BCUT2D eigenvalue weighted by atomic mass is 35.5. The average molecular weight is 506 g/mol. The van der Waals surface area contributed by atoms with Crippen LogP contribution in [0.5, 0.6) is 0 Å². The Labute approximate surface area is 200 Å². The lowest BCUT2D eigenvalue weighted by Crippen LogP contribution is -2.18. The Kier molecular flexibility index (Phi) is 6.31. The number of rotatable bonds is 6. The molecule has 0 aromatic heterocycles. The van der Waals surface area contributed by atoms with Gasteiger partial charge in [-0.2, -0.15) is 0 Å². The van der Waals surface area contributed by atoms with E-state index in [4.69, 9.17) is 58.0 Å². The van der Waals surface area contributed by atoms with Gasteiger partial charge in [0.05, 0.1) is 10.9 Å². The monoisotopic (exact) mass is 503 g/mol. The van der Waals surface area contributed by atoms with Gasteiger partial charge in [-0.05, 0) is 47.9 Å². The van der Waals surface area contributed by atoms with Crippen molar-refractivity contribution in [3.05, 3.63) is 62.6 Å². The first-order valence-corrected chi connectivity index (χ1v) is 11.5. The topological polar surface area (TPSA) is 46.2 Å². The second-order valence-corrected chi connectivity index (χ2v) is 10.7. The molecule has 0 bridgehead atoms. The number of nitrogens with one attached hydrogen (secondary N) is 1. The molecule has 2 saturated carbocycles. The Bertz CT molecular complexity index is 998. The summed E-state index contributed by atoms with van der Waals surface area (Å²) in [6.07, 6.45) is 3.79. The summed E-state index contributed by atoms with van der Waals surface area (Å²) in [5.74, 6) is -1.05. The fourth-order valence-electron chi connectivity index (χ4n) is 3.93. The van der Waals surface area contributed by atoms with E-state index >= 15 is 0 Å². The van der Waals surface area contributed by atoms with Crippen LogP contribution in [0, 0.1) is 11.8 Å². The lowest BCUT2D eigenvalue weighted by atomic mass is 9.81. The van der Waals surface area contributed by atoms with Crippen LogP contribution in [0.4, 0.5) is 5.69 Å². The van der Waals surface area contributed by atoms with Gasteiger partial charge in [0.1, 0.15) is 4.33 Å². The molecular formula is C22H18Cl5NO2. The first-order chi connectivity index (χ1) is 14.2. The Morgan fingerprint density at radius 1 is 1.00 bits per heavy atom. The van der Waals surface area contributed by atoms with E-state index in [1.54, 1.807) is 36.4 Å². The van der Waals surface area contributed by atoms with Crippen molar-refractivity contribution in [1.29, 1.82) is 0 Å². The van der Waals surface area contributed by atoms with E-state index in [0.29, 0.717) is 44.2 Å². The highest BCUT2D eigenvalue weighted by Crippen LogP contribution is 2.65. The molecule has 2 aromatic rings. The number of carbonyl (C=O) groups excluding carboxylic acids is 2. The molecule has 1 N–H and O–H groups in total. The second-order valence-electron chi connectivity index (χ2n) is 7.94. The number of ketones is 1. The van der Waals surface area contributed by atoms with E-state index in [9.17, 15) is 9.59 Å². The third-order valence-corrected chi connectivity index (χ3v) is 7.52. The lowest BCUT2D eigenvalue weighted by Gasteiger charge is -2.24. The van der Waals surface area contributed by atoms with Crippen LogP contribution in [-0.4, -0.2) is 16.0 Å². The molecule has 158 valence electrons. The molecular weight excluding hydrogens is 488 g/mol. The van der Waals surface area contributed by atoms with Gasteiger partial charge in [-0.1, -0.05) is 54.1 Å². The van der Waals surface area contributed by atoms with Crippen molar-refractivity contribution in [3.63, 3.8) is 0 Å². The third-order valence-electron chi connectivity index (χ3n) is 5.81. The molecule has 8 heteroatoms. The molecule has 0 spiro atoms. The van der Waals surface area contributed by atoms with Crippen molar-refractivity contribution < 1.29 is 9.59 Å². The summed E-state index contributed by atoms with van der Waals surface area (Å²) < 4.78 is -1.27. The Balaban J connectivity index is 1.49. The lowest BCUT2D eigenvalue weighted by molar-refractivity contribution is -0.117. The zero-order valence-corrected chi connectivity index (χ0v) is 19.5. The van der Waals surface area contributed by atoms with Gasteiger partial charge < -0.3 is 5.32 Å². The fourth-order valence-corrected chi connectivity index (χ4v) is 5.52. The Hall–Kier alpha value is -0.970. The molecule has 1 amide bonds. The summed E-state index contributed by atoms with van der Waals surface area (Å²) in [6, 6.07) is 9.87. The molecule has 0 saturated heterocycles. The van der Waals surface area contributed by atoms with Crippen LogP contribution in [0.15, 0.2) is 36.4 Å². The fraction of sp³-hybridized carbons (Fsp3) is 0.364. The minimum Gasteiger partial charge on any atom is -0.326 e. The largest absolute Gasteiger partial charge is 0.326 e. The van der Waals surface area contributed by atoms with Crippen LogP contribution >= 0.6 is 58.0 Å². The molecule has 2 fully saturated rings. The summed E-state index contributed by atoms with van der Waals surface area (Å²) in [7, 11) is 0. The molecule has 4 rings (SSSR count). The number of hydrogen-bond acceptors (Lipinski definition) is 2. The zero-order valence-electron chi connectivity index (χ0n) is 15.7. The number of benzene rings is 2. The summed E-state index contributed by atoms with van der Waals surface area (Å²) in [5.41, 5.74) is 1.59. The molecule has 2 unspecified atom stereocenters. The van der Waals surface area contributed by atoms with Crippen molar-refractivity contribution in [1.82, 2.24) is 0 Å². The van der Waals surface area contributed by atoms with Crippen molar-refractivity contribution in [2.75, 3.05) is 5.32 Å². The van der Waals surface area contributed by atoms with Gasteiger partial charge in [0, 0.05) is 33.6 Å². The number of hydrogen-bond donors (Lipinski definition) is 1. The molecule has 0 radical (unpaired) electrons. The normalized spacial score (nSPS) is 22.3. The zero-order chi connectivity index (χ0) is 21.6. The molecule has 3 nitrogen and oxygen atoms in total. The van der Waals surface area contributed by atoms with Crippen LogP contribution in [0.25, 0.3) is 0 Å². The molecule has 2 aromatic carbocycles. The van der Waals surface area contributed by atoms with E-state index in [0.717, 1.165) is 12.8 Å². The molecule has 0 aliphatic heterocycles. The molecule has 30 heavy (non-hydrogen) atoms. The smallest absolute Gasteiger partial charge is 0.231 e. The van der Waals surface area contributed by atoms with Crippen LogP contribution < -0.4 is 5.32 Å². The molecule has 2 atom stereocenters. The van der Waals surface area contributed by atoms with E-state index in [2.05, 4.69) is 5.32 Å². The van der Waals surface area contributed by atoms with Gasteiger partial charge in [0.15, 0.2) is 5.78 Å². The number of halogens is 5. The highest BCUT2D eigenvalue weighted by molar-refractivity contribution is 6.53. The SMILES string of the molecule is O=C(CC1CCC1)c1cc(NC(=O)C2C(c3cc(Cl)cc(Cl)c3)C2(Cl)Cl)ccc1Cl. The van der Waals surface area contributed by atoms with Crippen LogP contribution in [0.1, 0.15) is 47.5 Å². The van der Waals surface area contributed by atoms with E-state index in [-0.39, 0.29) is 11.7 Å². The number of Topliss-reactive ketones (excluding diaryl/α,β-unsaturated/α-hetero) is 1. The van der Waals surface area contributed by atoms with Crippen molar-refractivity contribution in [2.45, 2.75) is 35.9 Å². The molecule has 0 heterocycles. The van der Waals surface area contributed by atoms with E-state index < -0.39 is 16.2 Å². The number of amides is 1. The quantitative estimate of drug-likeness (QED) is 0.325. The van der Waals surface area contributed by atoms with Gasteiger partial charge in [-0.25, -0.2) is 0 Å². The Morgan fingerprint density at radius 2 is 1.67 bits per heavy atom. The van der Waals surface area contributed by atoms with Crippen molar-refractivity contribution in [3.8, 4) is 0 Å². The van der Waals surface area contributed by atoms with Gasteiger partial charge in [0.25, 0.3) is 0 Å². The summed E-state index contributed by atoms with van der Waals surface area (Å²) in [5, 5.41) is 4.07. The third kappa shape index (κ3) is 4.47. The first-order valence-electron chi connectivity index (χ1n) is 9.64.